The van der Waals surface area contributed by atoms with Gasteiger partial charge in [-0.1, -0.05) is 170 Å². The van der Waals surface area contributed by atoms with Gasteiger partial charge in [-0.3, -0.25) is 0 Å². The van der Waals surface area contributed by atoms with E-state index in [-0.39, 0.29) is 0 Å². The molecule has 0 bridgehead atoms. The predicted molar refractivity (Wildman–Crippen MR) is 233 cm³/mol. The second-order valence-electron chi connectivity index (χ2n) is 15.5. The van der Waals surface area contributed by atoms with Gasteiger partial charge in [-0.25, -0.2) is 0 Å². The average molecular weight is 709 g/mol. The molecule has 10 aromatic carbocycles. The van der Waals surface area contributed by atoms with Crippen LogP contribution in [-0.2, 0) is 5.41 Å². The maximum atomic E-state index is 6.67. The lowest BCUT2D eigenvalue weighted by Gasteiger charge is -2.30. The molecule has 0 saturated heterocycles. The molecule has 258 valence electrons. The van der Waals surface area contributed by atoms with Crippen LogP contribution in [0.15, 0.2) is 199 Å². The van der Waals surface area contributed by atoms with E-state index in [0.717, 1.165) is 27.3 Å². The van der Waals surface area contributed by atoms with Crippen LogP contribution in [0.2, 0.25) is 0 Å². The summed E-state index contributed by atoms with van der Waals surface area (Å²) in [5, 5.41) is 9.70. The van der Waals surface area contributed by atoms with Crippen LogP contribution in [0.5, 0.6) is 0 Å². The SMILES string of the molecule is c1ccc2c(c1)-c1ccccc1C21c2ccc(-c3cccc4oc5c6ccccc6ccc5c34)cc2-c2c1ccc1c(-c3ccc4ccccc4c3)cccc21. The zero-order chi connectivity index (χ0) is 36.5. The van der Waals surface area contributed by atoms with Crippen molar-refractivity contribution in [1.82, 2.24) is 0 Å². The minimum absolute atomic E-state index is 0.434. The summed E-state index contributed by atoms with van der Waals surface area (Å²) in [6.07, 6.45) is 0. The van der Waals surface area contributed by atoms with Gasteiger partial charge in [-0.2, -0.15) is 0 Å². The second kappa shape index (κ2) is 10.9. The number of rotatable bonds is 2. The van der Waals surface area contributed by atoms with E-state index >= 15 is 0 Å². The molecule has 0 atom stereocenters. The fraction of sp³-hybridized carbons (Fsp3) is 0.0182. The smallest absolute Gasteiger partial charge is 0.143 e. The Balaban J connectivity index is 1.12. The van der Waals surface area contributed by atoms with Crippen LogP contribution in [-0.4, -0.2) is 0 Å². The Labute approximate surface area is 323 Å². The number of hydrogen-bond acceptors (Lipinski definition) is 1. The van der Waals surface area contributed by atoms with E-state index in [1.54, 1.807) is 0 Å². The van der Waals surface area contributed by atoms with Crippen LogP contribution in [0.3, 0.4) is 0 Å². The van der Waals surface area contributed by atoms with Gasteiger partial charge in [0.25, 0.3) is 0 Å². The maximum absolute atomic E-state index is 6.67. The fourth-order valence-corrected chi connectivity index (χ4v) is 10.6. The Morgan fingerprint density at radius 3 is 1.77 bits per heavy atom. The molecule has 1 nitrogen and oxygen atoms in total. The first-order valence-electron chi connectivity index (χ1n) is 19.5. The highest BCUT2D eigenvalue weighted by Gasteiger charge is 2.52. The Kier molecular flexibility index (Phi) is 5.89. The molecule has 0 radical (unpaired) electrons. The third-order valence-corrected chi connectivity index (χ3v) is 12.9. The third kappa shape index (κ3) is 3.79. The minimum Gasteiger partial charge on any atom is -0.455 e. The van der Waals surface area contributed by atoms with Crippen molar-refractivity contribution < 1.29 is 4.42 Å². The van der Waals surface area contributed by atoms with Gasteiger partial charge in [0.1, 0.15) is 11.2 Å². The summed E-state index contributed by atoms with van der Waals surface area (Å²) in [7, 11) is 0. The highest BCUT2D eigenvalue weighted by molar-refractivity contribution is 6.19. The molecule has 0 saturated carbocycles. The standard InChI is InChI=1S/C55H32O/c1-2-13-35-31-36(24-23-33(35)11-1)38-17-9-19-44-41(38)28-30-50-52(44)46-32-37(26-29-49(46)55(50)47-20-7-5-15-42(47)43-16-6-8-21-48(43)55)39-18-10-22-51-53(39)45-27-25-34-12-3-4-14-40(34)54(45)56-51/h1-32H. The van der Waals surface area contributed by atoms with E-state index in [0.29, 0.717) is 0 Å². The molecule has 11 aromatic rings. The Bertz CT molecular complexity index is 3440. The lowest BCUT2D eigenvalue weighted by molar-refractivity contribution is 0.673. The van der Waals surface area contributed by atoms with E-state index in [1.165, 1.54) is 93.7 Å². The molecule has 2 aliphatic rings. The maximum Gasteiger partial charge on any atom is 0.143 e. The van der Waals surface area contributed by atoms with Gasteiger partial charge >= 0.3 is 0 Å². The highest BCUT2D eigenvalue weighted by atomic mass is 16.3. The zero-order valence-corrected chi connectivity index (χ0v) is 30.4. The largest absolute Gasteiger partial charge is 0.455 e. The average Bonchev–Trinajstić information content (AvgIpc) is 3.90. The van der Waals surface area contributed by atoms with E-state index in [9.17, 15) is 0 Å². The Morgan fingerprint density at radius 2 is 0.911 bits per heavy atom. The summed E-state index contributed by atoms with van der Waals surface area (Å²) in [6, 6.07) is 72.1. The van der Waals surface area contributed by atoms with E-state index in [2.05, 4.69) is 194 Å². The Morgan fingerprint density at radius 1 is 0.321 bits per heavy atom. The summed E-state index contributed by atoms with van der Waals surface area (Å²) >= 11 is 0. The molecule has 1 spiro atoms. The van der Waals surface area contributed by atoms with Crippen LogP contribution < -0.4 is 0 Å². The van der Waals surface area contributed by atoms with Crippen LogP contribution in [0.4, 0.5) is 0 Å². The first-order valence-corrected chi connectivity index (χ1v) is 19.5. The molecule has 0 N–H and O–H groups in total. The van der Waals surface area contributed by atoms with Gasteiger partial charge in [-0.05, 0) is 118 Å². The summed E-state index contributed by atoms with van der Waals surface area (Å²) in [5.41, 5.74) is 16.9. The predicted octanol–water partition coefficient (Wildman–Crippen LogP) is 14.7. The monoisotopic (exact) mass is 708 g/mol. The second-order valence-corrected chi connectivity index (χ2v) is 15.5. The topological polar surface area (TPSA) is 13.1 Å². The summed E-state index contributed by atoms with van der Waals surface area (Å²) in [6.45, 7) is 0. The molecular weight excluding hydrogens is 677 g/mol. The normalized spacial score (nSPS) is 13.5. The van der Waals surface area contributed by atoms with E-state index in [1.807, 2.05) is 0 Å². The van der Waals surface area contributed by atoms with Gasteiger partial charge in [-0.15, -0.1) is 0 Å². The molecule has 1 heteroatoms. The summed E-state index contributed by atoms with van der Waals surface area (Å²) < 4.78 is 6.67. The van der Waals surface area contributed by atoms with Gasteiger partial charge in [0.05, 0.1) is 5.41 Å². The molecule has 1 heterocycles. The van der Waals surface area contributed by atoms with Crippen LogP contribution in [0.1, 0.15) is 22.3 Å². The van der Waals surface area contributed by atoms with E-state index in [4.69, 9.17) is 4.42 Å². The van der Waals surface area contributed by atoms with Crippen molar-refractivity contribution >= 4 is 54.3 Å². The minimum atomic E-state index is -0.434. The van der Waals surface area contributed by atoms with Crippen LogP contribution in [0, 0.1) is 0 Å². The molecule has 2 aliphatic carbocycles. The van der Waals surface area contributed by atoms with Crippen molar-refractivity contribution in [3.05, 3.63) is 216 Å². The molecule has 0 amide bonds. The molecule has 0 unspecified atom stereocenters. The number of hydrogen-bond donors (Lipinski definition) is 0. The van der Waals surface area contributed by atoms with Crippen molar-refractivity contribution in [3.63, 3.8) is 0 Å². The first-order chi connectivity index (χ1) is 27.8. The fourth-order valence-electron chi connectivity index (χ4n) is 10.6. The Hall–Kier alpha value is -7.22. The van der Waals surface area contributed by atoms with Crippen molar-refractivity contribution in [2.75, 3.05) is 0 Å². The summed E-state index contributed by atoms with van der Waals surface area (Å²) in [5.74, 6) is 0. The van der Waals surface area contributed by atoms with E-state index < -0.39 is 5.41 Å². The lowest BCUT2D eigenvalue weighted by atomic mass is 9.70. The van der Waals surface area contributed by atoms with Crippen molar-refractivity contribution in [1.29, 1.82) is 0 Å². The third-order valence-electron chi connectivity index (χ3n) is 12.9. The van der Waals surface area contributed by atoms with Gasteiger partial charge in [0.2, 0.25) is 0 Å². The molecule has 13 rings (SSSR count). The van der Waals surface area contributed by atoms with Crippen LogP contribution >= 0.6 is 0 Å². The van der Waals surface area contributed by atoms with Gasteiger partial charge < -0.3 is 4.42 Å². The highest BCUT2D eigenvalue weighted by Crippen LogP contribution is 2.64. The van der Waals surface area contributed by atoms with Crippen molar-refractivity contribution in [3.8, 4) is 44.5 Å². The zero-order valence-electron chi connectivity index (χ0n) is 30.4. The van der Waals surface area contributed by atoms with Gasteiger partial charge in [0, 0.05) is 16.2 Å². The first kappa shape index (κ1) is 30.1. The number of fused-ring (bicyclic) bond motifs is 18. The quantitative estimate of drug-likeness (QED) is 0.174. The molecule has 1 aromatic heterocycles. The molecular formula is C55H32O. The number of benzene rings is 10. The lowest BCUT2D eigenvalue weighted by Crippen LogP contribution is -2.25. The van der Waals surface area contributed by atoms with Crippen molar-refractivity contribution in [2.45, 2.75) is 5.41 Å². The van der Waals surface area contributed by atoms with Crippen molar-refractivity contribution in [2.24, 2.45) is 0 Å². The molecule has 0 fully saturated rings. The van der Waals surface area contributed by atoms with Crippen LogP contribution in [0.25, 0.3) is 98.8 Å². The summed E-state index contributed by atoms with van der Waals surface area (Å²) in [4.78, 5) is 0. The molecule has 0 aliphatic heterocycles. The van der Waals surface area contributed by atoms with Gasteiger partial charge in [0.15, 0.2) is 0 Å². The molecule has 56 heavy (non-hydrogen) atoms. The number of furan rings is 1.